The van der Waals surface area contributed by atoms with Gasteiger partial charge in [0.1, 0.15) is 0 Å². The summed E-state index contributed by atoms with van der Waals surface area (Å²) in [5, 5.41) is 14.7. The zero-order chi connectivity index (χ0) is 24.2. The van der Waals surface area contributed by atoms with Crippen LogP contribution in [0.2, 0.25) is 0 Å². The van der Waals surface area contributed by atoms with Gasteiger partial charge in [0.25, 0.3) is 0 Å². The van der Waals surface area contributed by atoms with Crippen LogP contribution in [0.1, 0.15) is 25.1 Å². The van der Waals surface area contributed by atoms with Gasteiger partial charge in [-0.3, -0.25) is 14.8 Å². The van der Waals surface area contributed by atoms with Crippen molar-refractivity contribution in [1.29, 1.82) is 0 Å². The number of urea groups is 1. The van der Waals surface area contributed by atoms with Crippen molar-refractivity contribution in [3.8, 4) is 0 Å². The third-order valence-electron chi connectivity index (χ3n) is 5.93. The molecule has 2 aromatic rings. The number of pyridine rings is 1. The van der Waals surface area contributed by atoms with E-state index in [1.165, 1.54) is 17.2 Å². The van der Waals surface area contributed by atoms with E-state index in [1.807, 2.05) is 25.7 Å². The molecule has 0 aliphatic carbocycles. The van der Waals surface area contributed by atoms with Crippen molar-refractivity contribution in [3.63, 3.8) is 0 Å². The van der Waals surface area contributed by atoms with Gasteiger partial charge >= 0.3 is 12.1 Å². The van der Waals surface area contributed by atoms with E-state index >= 15 is 4.39 Å². The van der Waals surface area contributed by atoms with E-state index in [2.05, 4.69) is 15.6 Å². The number of nitrogens with one attached hydrogen (secondary N) is 2. The molecule has 1 aromatic heterocycles. The van der Waals surface area contributed by atoms with E-state index in [4.69, 9.17) is 4.74 Å². The molecule has 1 aromatic carbocycles. The molecule has 0 saturated carbocycles. The first-order valence-corrected chi connectivity index (χ1v) is 10.7. The maximum Gasteiger partial charge on any atom is 0.407 e. The van der Waals surface area contributed by atoms with Gasteiger partial charge in [0.05, 0.1) is 29.2 Å². The lowest BCUT2D eigenvalue weighted by atomic mass is 9.94. The second-order valence-electron chi connectivity index (χ2n) is 8.58. The first-order chi connectivity index (χ1) is 15.6. The van der Waals surface area contributed by atoms with Crippen molar-refractivity contribution in [2.75, 3.05) is 37.4 Å². The van der Waals surface area contributed by atoms with Crippen LogP contribution in [0.4, 0.5) is 25.4 Å². The van der Waals surface area contributed by atoms with Crippen LogP contribution in [0.3, 0.4) is 0 Å². The second-order valence-corrected chi connectivity index (χ2v) is 8.58. The Kier molecular flexibility index (Phi) is 7.50. The number of methoxy groups -OCH3 is 1. The number of benzene rings is 1. The fourth-order valence-corrected chi connectivity index (χ4v) is 3.81. The van der Waals surface area contributed by atoms with Gasteiger partial charge in [0, 0.05) is 44.5 Å². The first kappa shape index (κ1) is 24.4. The summed E-state index contributed by atoms with van der Waals surface area (Å²) in [5.41, 5.74) is 1.07. The predicted molar refractivity (Wildman–Crippen MR) is 123 cm³/mol. The number of hydrogen-bond donors (Lipinski definition) is 3. The Balaban J connectivity index is 1.69. The Hall–Kier alpha value is -3.24. The van der Waals surface area contributed by atoms with E-state index in [9.17, 15) is 14.7 Å². The van der Waals surface area contributed by atoms with Crippen molar-refractivity contribution in [1.82, 2.24) is 14.8 Å². The smallest absolute Gasteiger partial charge is 0.407 e. The van der Waals surface area contributed by atoms with Crippen molar-refractivity contribution in [3.05, 3.63) is 53.6 Å². The molecule has 9 nitrogen and oxygen atoms in total. The third kappa shape index (κ3) is 5.96. The number of anilines is 2. The molecule has 3 rings (SSSR count). The lowest BCUT2D eigenvalue weighted by molar-refractivity contribution is -0.0739. The molecule has 3 amide bonds. The maximum atomic E-state index is 15.2. The number of aryl methyl sites for hydroxylation is 1. The van der Waals surface area contributed by atoms with E-state index in [0.29, 0.717) is 30.9 Å². The minimum atomic E-state index is -1.00. The number of ether oxygens (including phenoxy) is 1. The van der Waals surface area contributed by atoms with Crippen LogP contribution in [-0.4, -0.2) is 70.4 Å². The molecule has 1 aliphatic rings. The maximum absolute atomic E-state index is 15.2. The minimum Gasteiger partial charge on any atom is -0.465 e. The Morgan fingerprint density at radius 1 is 1.24 bits per heavy atom. The Morgan fingerprint density at radius 2 is 2.00 bits per heavy atom. The number of piperazine rings is 1. The molecule has 33 heavy (non-hydrogen) atoms. The lowest BCUT2D eigenvalue weighted by Gasteiger charge is -2.46. The molecule has 0 radical (unpaired) electrons. The monoisotopic (exact) mass is 459 g/mol. The summed E-state index contributed by atoms with van der Waals surface area (Å²) in [6, 6.07) is 7.31. The third-order valence-corrected chi connectivity index (χ3v) is 5.93. The van der Waals surface area contributed by atoms with Gasteiger partial charge in [-0.15, -0.1) is 0 Å². The molecule has 0 bridgehead atoms. The SMILES string of the molecule is COC(C)(C)C1CN(Cc2cccc(NC(=O)Nc3ccc(C)nc3)c2F)CCN1C(=O)O. The highest BCUT2D eigenvalue weighted by Gasteiger charge is 2.41. The van der Waals surface area contributed by atoms with Crippen molar-refractivity contribution in [2.24, 2.45) is 0 Å². The molecule has 2 heterocycles. The van der Waals surface area contributed by atoms with Crippen LogP contribution in [-0.2, 0) is 11.3 Å². The van der Waals surface area contributed by atoms with Gasteiger partial charge in [-0.2, -0.15) is 0 Å². The lowest BCUT2D eigenvalue weighted by Crippen LogP contribution is -2.62. The largest absolute Gasteiger partial charge is 0.465 e. The number of rotatable bonds is 6. The van der Waals surface area contributed by atoms with Crippen LogP contribution in [0.25, 0.3) is 0 Å². The van der Waals surface area contributed by atoms with Gasteiger partial charge in [0.2, 0.25) is 0 Å². The fraction of sp³-hybridized carbons (Fsp3) is 0.435. The van der Waals surface area contributed by atoms with Crippen LogP contribution in [0.5, 0.6) is 0 Å². The summed E-state index contributed by atoms with van der Waals surface area (Å²) in [6.45, 7) is 6.93. The number of carbonyl (C=O) groups is 2. The Morgan fingerprint density at radius 3 is 2.64 bits per heavy atom. The van der Waals surface area contributed by atoms with Crippen LogP contribution < -0.4 is 10.6 Å². The van der Waals surface area contributed by atoms with Crippen molar-refractivity contribution < 1.29 is 23.8 Å². The number of carbonyl (C=O) groups excluding carboxylic acids is 1. The summed E-state index contributed by atoms with van der Waals surface area (Å²) < 4.78 is 20.7. The molecule has 3 N–H and O–H groups in total. The van der Waals surface area contributed by atoms with Gasteiger partial charge in [-0.1, -0.05) is 12.1 Å². The summed E-state index contributed by atoms with van der Waals surface area (Å²) in [6.07, 6.45) is 0.521. The number of hydrogen-bond acceptors (Lipinski definition) is 5. The highest BCUT2D eigenvalue weighted by Crippen LogP contribution is 2.26. The predicted octanol–water partition coefficient (Wildman–Crippen LogP) is 3.76. The molecule has 10 heteroatoms. The summed E-state index contributed by atoms with van der Waals surface area (Å²) in [5.74, 6) is -0.530. The van der Waals surface area contributed by atoms with E-state index in [-0.39, 0.29) is 12.2 Å². The summed E-state index contributed by atoms with van der Waals surface area (Å²) >= 11 is 0. The second kappa shape index (κ2) is 10.1. The van der Waals surface area contributed by atoms with Gasteiger partial charge in [0.15, 0.2) is 5.82 Å². The van der Waals surface area contributed by atoms with Crippen LogP contribution in [0.15, 0.2) is 36.5 Å². The van der Waals surface area contributed by atoms with Gasteiger partial charge < -0.3 is 20.5 Å². The zero-order valence-corrected chi connectivity index (χ0v) is 19.3. The number of carboxylic acid groups (broad SMARTS) is 1. The average Bonchev–Trinajstić information content (AvgIpc) is 2.78. The van der Waals surface area contributed by atoms with Gasteiger partial charge in [-0.25, -0.2) is 14.0 Å². The van der Waals surface area contributed by atoms with Crippen molar-refractivity contribution >= 4 is 23.5 Å². The number of amides is 3. The highest BCUT2D eigenvalue weighted by molar-refractivity contribution is 5.99. The molecule has 1 saturated heterocycles. The highest BCUT2D eigenvalue weighted by atomic mass is 19.1. The molecular formula is C23H30FN5O4. The molecular weight excluding hydrogens is 429 g/mol. The molecule has 178 valence electrons. The molecule has 1 unspecified atom stereocenters. The molecule has 0 spiro atoms. The van der Waals surface area contributed by atoms with E-state index in [0.717, 1.165) is 5.69 Å². The molecule has 1 fully saturated rings. The van der Waals surface area contributed by atoms with E-state index < -0.39 is 29.6 Å². The normalized spacial score (nSPS) is 17.0. The molecule has 1 aliphatic heterocycles. The fourth-order valence-electron chi connectivity index (χ4n) is 3.81. The van der Waals surface area contributed by atoms with Crippen LogP contribution >= 0.6 is 0 Å². The van der Waals surface area contributed by atoms with Crippen LogP contribution in [0, 0.1) is 12.7 Å². The standard InChI is InChI=1S/C23H30FN5O4/c1-15-8-9-17(12-25-15)26-21(30)27-18-7-5-6-16(20(18)24)13-28-10-11-29(22(31)32)19(14-28)23(2,3)33-4/h5-9,12,19H,10-11,13-14H2,1-4H3,(H,31,32)(H2,26,27,30). The minimum absolute atomic E-state index is 0.0583. The first-order valence-electron chi connectivity index (χ1n) is 10.7. The molecule has 1 atom stereocenters. The topological polar surface area (TPSA) is 107 Å². The number of halogens is 1. The summed E-state index contributed by atoms with van der Waals surface area (Å²) in [4.78, 5) is 31.5. The Labute approximate surface area is 192 Å². The van der Waals surface area contributed by atoms with E-state index in [1.54, 1.807) is 31.4 Å². The van der Waals surface area contributed by atoms with Gasteiger partial charge in [-0.05, 0) is 39.0 Å². The average molecular weight is 460 g/mol. The Bertz CT molecular complexity index is 999. The zero-order valence-electron chi connectivity index (χ0n) is 19.3. The number of nitrogens with zero attached hydrogens (tertiary/aromatic N) is 3. The number of aromatic nitrogens is 1. The quantitative estimate of drug-likeness (QED) is 0.607. The summed E-state index contributed by atoms with van der Waals surface area (Å²) in [7, 11) is 1.55. The van der Waals surface area contributed by atoms with Crippen molar-refractivity contribution in [2.45, 2.75) is 39.0 Å².